The second-order valence-corrected chi connectivity index (χ2v) is 4.64. The molecule has 1 aromatic rings. The maximum atomic E-state index is 10.5. The van der Waals surface area contributed by atoms with Crippen LogP contribution in [0.15, 0.2) is 30.3 Å². The SMILES string of the molecule is CC1OCC(O)C(O)[C@@]1(O)Cc1ccccc1. The van der Waals surface area contributed by atoms with Crippen LogP contribution in [0.4, 0.5) is 0 Å². The normalized spacial score (nSPS) is 38.0. The van der Waals surface area contributed by atoms with Gasteiger partial charge in [-0.2, -0.15) is 0 Å². The van der Waals surface area contributed by atoms with Gasteiger partial charge in [-0.05, 0) is 12.5 Å². The summed E-state index contributed by atoms with van der Waals surface area (Å²) in [4.78, 5) is 0. The van der Waals surface area contributed by atoms with Gasteiger partial charge in [0.25, 0.3) is 0 Å². The standard InChI is InChI=1S/C13H18O4/c1-9-13(16,12(15)11(14)8-17-9)7-10-5-3-2-4-6-10/h2-6,9,11-12,14-16H,7-8H2,1H3/t9?,11?,12?,13-/m1/s1. The van der Waals surface area contributed by atoms with Crippen LogP contribution < -0.4 is 0 Å². The molecule has 1 aliphatic rings. The van der Waals surface area contributed by atoms with Gasteiger partial charge in [-0.1, -0.05) is 30.3 Å². The lowest BCUT2D eigenvalue weighted by molar-refractivity contribution is -0.236. The van der Waals surface area contributed by atoms with E-state index in [-0.39, 0.29) is 13.0 Å². The highest BCUT2D eigenvalue weighted by molar-refractivity contribution is 5.19. The van der Waals surface area contributed by atoms with E-state index in [1.807, 2.05) is 30.3 Å². The molecule has 4 heteroatoms. The molecule has 0 amide bonds. The van der Waals surface area contributed by atoms with Crippen LogP contribution in [0.25, 0.3) is 0 Å². The summed E-state index contributed by atoms with van der Waals surface area (Å²) in [5, 5.41) is 30.0. The van der Waals surface area contributed by atoms with Crippen LogP contribution in [0, 0.1) is 0 Å². The Kier molecular flexibility index (Phi) is 3.49. The minimum atomic E-state index is -1.45. The highest BCUT2D eigenvalue weighted by atomic mass is 16.5. The fourth-order valence-corrected chi connectivity index (χ4v) is 2.22. The van der Waals surface area contributed by atoms with Gasteiger partial charge in [-0.15, -0.1) is 0 Å². The highest BCUT2D eigenvalue weighted by Gasteiger charge is 2.48. The molecule has 3 unspecified atom stereocenters. The van der Waals surface area contributed by atoms with Gasteiger partial charge in [0.2, 0.25) is 0 Å². The molecule has 4 nitrogen and oxygen atoms in total. The molecule has 1 heterocycles. The third kappa shape index (κ3) is 2.35. The Bertz CT molecular complexity index is 367. The van der Waals surface area contributed by atoms with Gasteiger partial charge >= 0.3 is 0 Å². The first kappa shape index (κ1) is 12.5. The highest BCUT2D eigenvalue weighted by Crippen LogP contribution is 2.29. The largest absolute Gasteiger partial charge is 0.388 e. The number of hydrogen-bond donors (Lipinski definition) is 3. The molecular formula is C13H18O4. The van der Waals surface area contributed by atoms with Crippen molar-refractivity contribution in [2.24, 2.45) is 0 Å². The first-order chi connectivity index (χ1) is 8.04. The fourth-order valence-electron chi connectivity index (χ4n) is 2.22. The maximum Gasteiger partial charge on any atom is 0.123 e. The Balaban J connectivity index is 2.21. The van der Waals surface area contributed by atoms with E-state index in [0.29, 0.717) is 0 Å². The van der Waals surface area contributed by atoms with E-state index in [1.165, 1.54) is 0 Å². The minimum Gasteiger partial charge on any atom is -0.388 e. The van der Waals surface area contributed by atoms with Crippen molar-refractivity contribution in [3.05, 3.63) is 35.9 Å². The zero-order valence-electron chi connectivity index (χ0n) is 9.78. The van der Waals surface area contributed by atoms with Gasteiger partial charge in [-0.25, -0.2) is 0 Å². The van der Waals surface area contributed by atoms with E-state index in [4.69, 9.17) is 4.74 Å². The fraction of sp³-hybridized carbons (Fsp3) is 0.538. The summed E-state index contributed by atoms with van der Waals surface area (Å²) in [5.41, 5.74) is -0.544. The predicted octanol–water partition coefficient (Wildman–Crippen LogP) is 0.101. The second kappa shape index (κ2) is 4.74. The average molecular weight is 238 g/mol. The Labute approximate surface area is 100 Å². The van der Waals surface area contributed by atoms with Gasteiger partial charge in [0.1, 0.15) is 17.8 Å². The third-order valence-corrected chi connectivity index (χ3v) is 3.43. The summed E-state index contributed by atoms with van der Waals surface area (Å²) in [6.07, 6.45) is -2.49. The van der Waals surface area contributed by atoms with Crippen LogP contribution >= 0.6 is 0 Å². The zero-order valence-corrected chi connectivity index (χ0v) is 9.78. The first-order valence-corrected chi connectivity index (χ1v) is 5.78. The number of benzene rings is 1. The van der Waals surface area contributed by atoms with E-state index in [0.717, 1.165) is 5.56 Å². The zero-order chi connectivity index (χ0) is 12.5. The van der Waals surface area contributed by atoms with Crippen LogP contribution in [0.3, 0.4) is 0 Å². The molecule has 0 bridgehead atoms. The van der Waals surface area contributed by atoms with E-state index in [2.05, 4.69) is 0 Å². The van der Waals surface area contributed by atoms with Crippen molar-refractivity contribution in [2.75, 3.05) is 6.61 Å². The molecule has 0 aliphatic carbocycles. The summed E-state index contributed by atoms with van der Waals surface area (Å²) < 4.78 is 5.29. The van der Waals surface area contributed by atoms with Crippen LogP contribution in [-0.4, -0.2) is 45.8 Å². The van der Waals surface area contributed by atoms with Crippen molar-refractivity contribution in [2.45, 2.75) is 37.3 Å². The molecule has 1 fully saturated rings. The van der Waals surface area contributed by atoms with Gasteiger partial charge in [0.15, 0.2) is 0 Å². The molecule has 94 valence electrons. The van der Waals surface area contributed by atoms with Gasteiger partial charge < -0.3 is 20.1 Å². The molecule has 0 radical (unpaired) electrons. The smallest absolute Gasteiger partial charge is 0.123 e. The summed E-state index contributed by atoms with van der Waals surface area (Å²) in [6, 6.07) is 9.38. The van der Waals surface area contributed by atoms with E-state index in [1.54, 1.807) is 6.92 Å². The number of ether oxygens (including phenoxy) is 1. The van der Waals surface area contributed by atoms with Crippen molar-refractivity contribution in [3.63, 3.8) is 0 Å². The molecule has 17 heavy (non-hydrogen) atoms. The molecule has 4 atom stereocenters. The van der Waals surface area contributed by atoms with E-state index >= 15 is 0 Å². The average Bonchev–Trinajstić information content (AvgIpc) is 2.34. The monoisotopic (exact) mass is 238 g/mol. The molecule has 2 rings (SSSR count). The first-order valence-electron chi connectivity index (χ1n) is 5.78. The summed E-state index contributed by atoms with van der Waals surface area (Å²) >= 11 is 0. The predicted molar refractivity (Wildman–Crippen MR) is 62.5 cm³/mol. The van der Waals surface area contributed by atoms with Crippen molar-refractivity contribution in [3.8, 4) is 0 Å². The summed E-state index contributed by atoms with van der Waals surface area (Å²) in [5.74, 6) is 0. The maximum absolute atomic E-state index is 10.5. The number of rotatable bonds is 2. The van der Waals surface area contributed by atoms with Gasteiger partial charge in [0.05, 0.1) is 12.7 Å². The Morgan fingerprint density at radius 1 is 1.29 bits per heavy atom. The quantitative estimate of drug-likeness (QED) is 0.683. The Morgan fingerprint density at radius 3 is 2.59 bits per heavy atom. The summed E-state index contributed by atoms with van der Waals surface area (Å²) in [6.45, 7) is 1.76. The molecule has 0 aromatic heterocycles. The molecule has 3 N–H and O–H groups in total. The van der Waals surface area contributed by atoms with E-state index < -0.39 is 23.9 Å². The van der Waals surface area contributed by atoms with Crippen LogP contribution in [-0.2, 0) is 11.2 Å². The number of aliphatic hydroxyl groups is 3. The summed E-state index contributed by atoms with van der Waals surface area (Å²) in [7, 11) is 0. The Hall–Kier alpha value is -0.940. The second-order valence-electron chi connectivity index (χ2n) is 4.64. The van der Waals surface area contributed by atoms with Crippen LogP contribution in [0.1, 0.15) is 12.5 Å². The van der Waals surface area contributed by atoms with Crippen molar-refractivity contribution in [1.82, 2.24) is 0 Å². The van der Waals surface area contributed by atoms with Crippen LogP contribution in [0.2, 0.25) is 0 Å². The topological polar surface area (TPSA) is 69.9 Å². The van der Waals surface area contributed by atoms with Gasteiger partial charge in [0, 0.05) is 6.42 Å². The lowest BCUT2D eigenvalue weighted by atomic mass is 9.80. The van der Waals surface area contributed by atoms with E-state index in [9.17, 15) is 15.3 Å². The van der Waals surface area contributed by atoms with Crippen molar-refractivity contribution >= 4 is 0 Å². The van der Waals surface area contributed by atoms with Crippen LogP contribution in [0.5, 0.6) is 0 Å². The molecule has 1 aromatic carbocycles. The van der Waals surface area contributed by atoms with Gasteiger partial charge in [-0.3, -0.25) is 0 Å². The minimum absolute atomic E-state index is 0.0550. The third-order valence-electron chi connectivity index (χ3n) is 3.43. The lowest BCUT2D eigenvalue weighted by Gasteiger charge is -2.44. The molecule has 0 saturated carbocycles. The lowest BCUT2D eigenvalue weighted by Crippen LogP contribution is -2.63. The van der Waals surface area contributed by atoms with Crippen molar-refractivity contribution < 1.29 is 20.1 Å². The molecular weight excluding hydrogens is 220 g/mol. The number of aliphatic hydroxyl groups excluding tert-OH is 2. The Morgan fingerprint density at radius 2 is 1.94 bits per heavy atom. The molecule has 1 aliphatic heterocycles. The number of hydrogen-bond acceptors (Lipinski definition) is 4. The van der Waals surface area contributed by atoms with Crippen molar-refractivity contribution in [1.29, 1.82) is 0 Å². The molecule has 0 spiro atoms. The molecule has 1 saturated heterocycles.